The van der Waals surface area contributed by atoms with Crippen LogP contribution in [0.25, 0.3) is 0 Å². The van der Waals surface area contributed by atoms with E-state index in [2.05, 4.69) is 10.5 Å². The predicted octanol–water partition coefficient (Wildman–Crippen LogP) is 3.91. The van der Waals surface area contributed by atoms with Gasteiger partial charge in [-0.25, -0.2) is 8.42 Å². The summed E-state index contributed by atoms with van der Waals surface area (Å²) in [5.41, 5.74) is 2.59. The first-order chi connectivity index (χ1) is 15.3. The van der Waals surface area contributed by atoms with Gasteiger partial charge in [0.1, 0.15) is 18.1 Å². The van der Waals surface area contributed by atoms with Crippen LogP contribution in [0.5, 0.6) is 5.75 Å². The van der Waals surface area contributed by atoms with Gasteiger partial charge in [-0.15, -0.1) is 0 Å². The number of amides is 1. The molecule has 0 unspecified atom stereocenters. The highest BCUT2D eigenvalue weighted by Gasteiger charge is 2.27. The molecule has 2 aromatic carbocycles. The fraction of sp³-hybridized carbons (Fsp3) is 0.304. The molecular weight excluding hydrogens is 430 g/mol. The second-order valence-corrected chi connectivity index (χ2v) is 9.65. The summed E-state index contributed by atoms with van der Waals surface area (Å²) in [4.78, 5) is 12.9. The van der Waals surface area contributed by atoms with Crippen LogP contribution < -0.4 is 10.1 Å². The molecule has 8 nitrogen and oxygen atoms in total. The first-order valence-corrected chi connectivity index (χ1v) is 11.8. The molecule has 1 aromatic heterocycles. The fourth-order valence-corrected chi connectivity index (χ4v) is 5.10. The first-order valence-electron chi connectivity index (χ1n) is 10.4. The molecule has 1 saturated heterocycles. The SMILES string of the molecule is Cc1noc(C)c1COc1cccc(C(=O)Nc2ccc(S(=O)(=O)N3CCCC3)cc2)c1. The number of hydrogen-bond donors (Lipinski definition) is 1. The van der Waals surface area contributed by atoms with E-state index in [1.54, 1.807) is 36.4 Å². The minimum Gasteiger partial charge on any atom is -0.489 e. The third kappa shape index (κ3) is 4.68. The molecule has 0 saturated carbocycles. The molecule has 1 aliphatic heterocycles. The number of benzene rings is 2. The Labute approximate surface area is 187 Å². The molecule has 0 radical (unpaired) electrons. The van der Waals surface area contributed by atoms with Crippen LogP contribution in [-0.4, -0.2) is 36.9 Å². The molecular formula is C23H25N3O5S. The van der Waals surface area contributed by atoms with Crippen molar-refractivity contribution in [2.45, 2.75) is 38.2 Å². The third-order valence-electron chi connectivity index (χ3n) is 5.48. The molecule has 4 rings (SSSR count). The van der Waals surface area contributed by atoms with Crippen molar-refractivity contribution in [3.05, 3.63) is 71.1 Å². The van der Waals surface area contributed by atoms with Crippen molar-refractivity contribution in [2.75, 3.05) is 18.4 Å². The Morgan fingerprint density at radius 1 is 1.12 bits per heavy atom. The van der Waals surface area contributed by atoms with Gasteiger partial charge in [0.15, 0.2) is 0 Å². The van der Waals surface area contributed by atoms with Gasteiger partial charge in [-0.1, -0.05) is 11.2 Å². The van der Waals surface area contributed by atoms with Crippen molar-refractivity contribution in [1.29, 1.82) is 0 Å². The summed E-state index contributed by atoms with van der Waals surface area (Å²) in [5, 5.41) is 6.70. The number of carbonyl (C=O) groups excluding carboxylic acids is 1. The average Bonchev–Trinajstić information content (AvgIpc) is 3.44. The number of rotatable bonds is 7. The Morgan fingerprint density at radius 2 is 1.84 bits per heavy atom. The largest absolute Gasteiger partial charge is 0.489 e. The van der Waals surface area contributed by atoms with Crippen LogP contribution in [0.3, 0.4) is 0 Å². The smallest absolute Gasteiger partial charge is 0.255 e. The van der Waals surface area contributed by atoms with Crippen LogP contribution in [-0.2, 0) is 16.6 Å². The van der Waals surface area contributed by atoms with Crippen molar-refractivity contribution in [3.63, 3.8) is 0 Å². The van der Waals surface area contributed by atoms with Crippen LogP contribution in [0.2, 0.25) is 0 Å². The van der Waals surface area contributed by atoms with E-state index in [0.717, 1.165) is 24.1 Å². The number of sulfonamides is 1. The highest BCUT2D eigenvalue weighted by atomic mass is 32.2. The normalized spacial score (nSPS) is 14.4. The minimum absolute atomic E-state index is 0.229. The number of aryl methyl sites for hydroxylation is 2. The molecule has 0 aliphatic carbocycles. The van der Waals surface area contributed by atoms with E-state index in [-0.39, 0.29) is 10.8 Å². The van der Waals surface area contributed by atoms with Crippen molar-refractivity contribution < 1.29 is 22.5 Å². The molecule has 0 bridgehead atoms. The van der Waals surface area contributed by atoms with E-state index in [1.807, 2.05) is 13.8 Å². The van der Waals surface area contributed by atoms with Crippen molar-refractivity contribution in [1.82, 2.24) is 9.46 Å². The Hall–Kier alpha value is -3.17. The van der Waals surface area contributed by atoms with Crippen molar-refractivity contribution in [3.8, 4) is 5.75 Å². The number of carbonyl (C=O) groups is 1. The maximum Gasteiger partial charge on any atom is 0.255 e. The van der Waals surface area contributed by atoms with Gasteiger partial charge in [-0.05, 0) is 69.2 Å². The van der Waals surface area contributed by atoms with Crippen molar-refractivity contribution in [2.24, 2.45) is 0 Å². The summed E-state index contributed by atoms with van der Waals surface area (Å²) in [5.74, 6) is 0.930. The molecule has 1 fully saturated rings. The van der Waals surface area contributed by atoms with Gasteiger partial charge in [0, 0.05) is 24.3 Å². The number of hydrogen-bond acceptors (Lipinski definition) is 6. The molecule has 32 heavy (non-hydrogen) atoms. The van der Waals surface area contributed by atoms with E-state index in [0.29, 0.717) is 42.5 Å². The first kappa shape index (κ1) is 22.0. The van der Waals surface area contributed by atoms with Gasteiger partial charge < -0.3 is 14.6 Å². The summed E-state index contributed by atoms with van der Waals surface area (Å²) < 4.78 is 37.7. The molecule has 1 aliphatic rings. The van der Waals surface area contributed by atoms with Crippen LogP contribution in [0.4, 0.5) is 5.69 Å². The average molecular weight is 456 g/mol. The Morgan fingerprint density at radius 3 is 2.50 bits per heavy atom. The van der Waals surface area contributed by atoms with E-state index in [1.165, 1.54) is 16.4 Å². The van der Waals surface area contributed by atoms with Gasteiger partial charge in [0.05, 0.1) is 16.2 Å². The molecule has 1 N–H and O–H groups in total. The summed E-state index contributed by atoms with van der Waals surface area (Å²) in [6, 6.07) is 13.1. The minimum atomic E-state index is -3.48. The van der Waals surface area contributed by atoms with E-state index < -0.39 is 10.0 Å². The Bertz CT molecular complexity index is 1190. The summed E-state index contributed by atoms with van der Waals surface area (Å²) in [7, 11) is -3.48. The maximum absolute atomic E-state index is 12.7. The molecule has 168 valence electrons. The number of anilines is 1. The summed E-state index contributed by atoms with van der Waals surface area (Å²) in [6.45, 7) is 5.06. The number of aromatic nitrogens is 1. The second kappa shape index (κ2) is 9.13. The Kier molecular flexibility index (Phi) is 6.29. The van der Waals surface area contributed by atoms with Gasteiger partial charge in [-0.3, -0.25) is 4.79 Å². The van der Waals surface area contributed by atoms with Gasteiger partial charge >= 0.3 is 0 Å². The predicted molar refractivity (Wildman–Crippen MR) is 119 cm³/mol. The summed E-state index contributed by atoms with van der Waals surface area (Å²) in [6.07, 6.45) is 1.77. The highest BCUT2D eigenvalue weighted by molar-refractivity contribution is 7.89. The topological polar surface area (TPSA) is 102 Å². The van der Waals surface area contributed by atoms with E-state index >= 15 is 0 Å². The highest BCUT2D eigenvalue weighted by Crippen LogP contribution is 2.23. The molecule has 3 aromatic rings. The molecule has 1 amide bonds. The van der Waals surface area contributed by atoms with Crippen LogP contribution in [0.1, 0.15) is 40.2 Å². The zero-order valence-corrected chi connectivity index (χ0v) is 18.8. The van der Waals surface area contributed by atoms with Gasteiger partial charge in [0.25, 0.3) is 5.91 Å². The lowest BCUT2D eigenvalue weighted by molar-refractivity contribution is 0.102. The molecule has 0 atom stereocenters. The third-order valence-corrected chi connectivity index (χ3v) is 7.39. The maximum atomic E-state index is 12.7. The number of nitrogens with zero attached hydrogens (tertiary/aromatic N) is 2. The number of nitrogens with one attached hydrogen (secondary N) is 1. The lowest BCUT2D eigenvalue weighted by Gasteiger charge is -2.15. The lowest BCUT2D eigenvalue weighted by Crippen LogP contribution is -2.27. The quantitative estimate of drug-likeness (QED) is 0.580. The summed E-state index contributed by atoms with van der Waals surface area (Å²) >= 11 is 0. The van der Waals surface area contributed by atoms with Crippen LogP contribution >= 0.6 is 0 Å². The second-order valence-electron chi connectivity index (χ2n) is 7.71. The standard InChI is InChI=1S/C23H25N3O5S/c1-16-22(17(2)31-25-16)15-30-20-7-5-6-18(14-20)23(27)24-19-8-10-21(11-9-19)32(28,29)26-12-3-4-13-26/h5-11,14H,3-4,12-13,15H2,1-2H3,(H,24,27). The van der Waals surface area contributed by atoms with Gasteiger partial charge in [0.2, 0.25) is 10.0 Å². The van der Waals surface area contributed by atoms with E-state index in [9.17, 15) is 13.2 Å². The molecule has 2 heterocycles. The Balaban J connectivity index is 1.41. The van der Waals surface area contributed by atoms with Crippen molar-refractivity contribution >= 4 is 21.6 Å². The lowest BCUT2D eigenvalue weighted by atomic mass is 10.2. The fourth-order valence-electron chi connectivity index (χ4n) is 3.58. The zero-order chi connectivity index (χ0) is 22.7. The number of ether oxygens (including phenoxy) is 1. The molecule has 9 heteroatoms. The van der Waals surface area contributed by atoms with E-state index in [4.69, 9.17) is 9.26 Å². The monoisotopic (exact) mass is 455 g/mol. The van der Waals surface area contributed by atoms with Crippen LogP contribution in [0, 0.1) is 13.8 Å². The van der Waals surface area contributed by atoms with Gasteiger partial charge in [-0.2, -0.15) is 4.31 Å². The zero-order valence-electron chi connectivity index (χ0n) is 18.0. The molecule has 0 spiro atoms. The van der Waals surface area contributed by atoms with Crippen LogP contribution in [0.15, 0.2) is 57.9 Å².